The lowest BCUT2D eigenvalue weighted by atomic mass is 10.0. The first kappa shape index (κ1) is 15.5. The van der Waals surface area contributed by atoms with Gasteiger partial charge in [-0.05, 0) is 29.5 Å². The van der Waals surface area contributed by atoms with E-state index in [-0.39, 0.29) is 5.91 Å². The molecule has 0 aliphatic rings. The summed E-state index contributed by atoms with van der Waals surface area (Å²) >= 11 is 1.70. The fraction of sp³-hybridized carbons (Fsp3) is 0.150. The lowest BCUT2D eigenvalue weighted by Gasteiger charge is -2.21. The number of carbonyl (C=O) groups excluding carboxylic acids is 1. The zero-order valence-corrected chi connectivity index (χ0v) is 13.9. The molecule has 2 aromatic carbocycles. The van der Waals surface area contributed by atoms with Gasteiger partial charge in [0.15, 0.2) is 0 Å². The van der Waals surface area contributed by atoms with Crippen LogP contribution in [0.4, 0.5) is 5.69 Å². The van der Waals surface area contributed by atoms with Crippen LogP contribution in [0.2, 0.25) is 0 Å². The highest BCUT2D eigenvalue weighted by atomic mass is 32.1. The van der Waals surface area contributed by atoms with Crippen molar-refractivity contribution in [1.82, 2.24) is 0 Å². The molecule has 0 saturated carbocycles. The molecule has 0 spiro atoms. The Hall–Kier alpha value is -2.39. The van der Waals surface area contributed by atoms with Crippen LogP contribution >= 0.6 is 11.3 Å². The number of carbonyl (C=O) groups is 1. The second-order valence-corrected chi connectivity index (χ2v) is 6.45. The summed E-state index contributed by atoms with van der Waals surface area (Å²) in [5.74, 6) is 0.141. The summed E-state index contributed by atoms with van der Waals surface area (Å²) in [5.41, 5.74) is 3.16. The van der Waals surface area contributed by atoms with Crippen LogP contribution in [0.25, 0.3) is 11.1 Å². The average molecular weight is 321 g/mol. The number of benzene rings is 2. The van der Waals surface area contributed by atoms with Crippen molar-refractivity contribution in [1.29, 1.82) is 0 Å². The molecule has 116 valence electrons. The first-order valence-corrected chi connectivity index (χ1v) is 8.57. The Morgan fingerprint density at radius 1 is 0.957 bits per heavy atom. The number of nitrogens with zero attached hydrogens (tertiary/aromatic N) is 1. The molecule has 1 heterocycles. The van der Waals surface area contributed by atoms with Gasteiger partial charge in [-0.1, -0.05) is 54.6 Å². The number of anilines is 1. The normalized spacial score (nSPS) is 10.5. The summed E-state index contributed by atoms with van der Waals surface area (Å²) < 4.78 is 0. The van der Waals surface area contributed by atoms with Gasteiger partial charge in [0.25, 0.3) is 0 Å². The molecular formula is C20H19NOS. The molecule has 3 heteroatoms. The molecule has 23 heavy (non-hydrogen) atoms. The third-order valence-corrected chi connectivity index (χ3v) is 4.83. The fourth-order valence-corrected chi connectivity index (χ4v) is 3.32. The Morgan fingerprint density at radius 3 is 2.43 bits per heavy atom. The Balaban J connectivity index is 1.79. The predicted molar refractivity (Wildman–Crippen MR) is 97.9 cm³/mol. The second kappa shape index (κ2) is 7.25. The van der Waals surface area contributed by atoms with Crippen LogP contribution in [0.3, 0.4) is 0 Å². The van der Waals surface area contributed by atoms with Gasteiger partial charge in [-0.15, -0.1) is 11.3 Å². The SMILES string of the molecule is CN(C(=O)CCc1cccs1)c1ccccc1-c1ccccc1. The average Bonchev–Trinajstić information content (AvgIpc) is 3.13. The zero-order chi connectivity index (χ0) is 16.1. The van der Waals surface area contributed by atoms with E-state index in [1.165, 1.54) is 4.88 Å². The van der Waals surface area contributed by atoms with Crippen LogP contribution < -0.4 is 4.90 Å². The highest BCUT2D eigenvalue weighted by Crippen LogP contribution is 2.30. The standard InChI is InChI=1S/C20H19NOS/c1-21(20(22)14-13-17-10-7-15-23-17)19-12-6-5-11-18(19)16-8-3-2-4-9-16/h2-12,15H,13-14H2,1H3. The van der Waals surface area contributed by atoms with Crippen molar-refractivity contribution < 1.29 is 4.79 Å². The van der Waals surface area contributed by atoms with Crippen molar-refractivity contribution in [2.45, 2.75) is 12.8 Å². The molecule has 2 nitrogen and oxygen atoms in total. The Morgan fingerprint density at radius 2 is 1.70 bits per heavy atom. The number of aryl methyl sites for hydroxylation is 1. The van der Waals surface area contributed by atoms with Gasteiger partial charge in [0.1, 0.15) is 0 Å². The van der Waals surface area contributed by atoms with Gasteiger partial charge >= 0.3 is 0 Å². The molecule has 1 aromatic heterocycles. The van der Waals surface area contributed by atoms with Crippen molar-refractivity contribution in [2.24, 2.45) is 0 Å². The van der Waals surface area contributed by atoms with E-state index in [2.05, 4.69) is 24.3 Å². The number of thiophene rings is 1. The summed E-state index contributed by atoms with van der Waals surface area (Å²) in [6.07, 6.45) is 1.33. The van der Waals surface area contributed by atoms with Crippen LogP contribution in [0.15, 0.2) is 72.1 Å². The summed E-state index contributed by atoms with van der Waals surface area (Å²) in [4.78, 5) is 15.6. The fourth-order valence-electron chi connectivity index (χ4n) is 2.61. The lowest BCUT2D eigenvalue weighted by Crippen LogP contribution is -2.26. The molecule has 3 rings (SSSR count). The van der Waals surface area contributed by atoms with E-state index in [0.717, 1.165) is 23.2 Å². The topological polar surface area (TPSA) is 20.3 Å². The molecule has 0 aliphatic heterocycles. The number of amides is 1. The summed E-state index contributed by atoms with van der Waals surface area (Å²) in [7, 11) is 1.86. The van der Waals surface area contributed by atoms with Gasteiger partial charge in [-0.25, -0.2) is 0 Å². The van der Waals surface area contributed by atoms with Gasteiger partial charge in [0.2, 0.25) is 5.91 Å². The van der Waals surface area contributed by atoms with Gasteiger partial charge in [-0.3, -0.25) is 4.79 Å². The number of hydrogen-bond donors (Lipinski definition) is 0. The summed E-state index contributed by atoms with van der Waals surface area (Å²) in [6.45, 7) is 0. The molecule has 0 aliphatic carbocycles. The highest BCUT2D eigenvalue weighted by molar-refractivity contribution is 7.09. The van der Waals surface area contributed by atoms with E-state index >= 15 is 0 Å². The summed E-state index contributed by atoms with van der Waals surface area (Å²) in [6, 6.07) is 22.3. The van der Waals surface area contributed by atoms with E-state index in [1.54, 1.807) is 16.2 Å². The third-order valence-electron chi connectivity index (χ3n) is 3.89. The number of rotatable bonds is 5. The minimum atomic E-state index is 0.141. The molecule has 1 amide bonds. The van der Waals surface area contributed by atoms with Crippen molar-refractivity contribution >= 4 is 22.9 Å². The largest absolute Gasteiger partial charge is 0.315 e. The minimum Gasteiger partial charge on any atom is -0.315 e. The maximum absolute atomic E-state index is 12.6. The monoisotopic (exact) mass is 321 g/mol. The van der Waals surface area contributed by atoms with Crippen LogP contribution in [0.1, 0.15) is 11.3 Å². The van der Waals surface area contributed by atoms with Crippen LogP contribution in [0.5, 0.6) is 0 Å². The van der Waals surface area contributed by atoms with Crippen LogP contribution in [-0.2, 0) is 11.2 Å². The van der Waals surface area contributed by atoms with Crippen LogP contribution in [0, 0.1) is 0 Å². The molecule has 0 bridgehead atoms. The van der Waals surface area contributed by atoms with Crippen LogP contribution in [-0.4, -0.2) is 13.0 Å². The van der Waals surface area contributed by atoms with E-state index < -0.39 is 0 Å². The van der Waals surface area contributed by atoms with Crippen molar-refractivity contribution in [3.63, 3.8) is 0 Å². The first-order valence-electron chi connectivity index (χ1n) is 7.69. The van der Waals surface area contributed by atoms with E-state index in [0.29, 0.717) is 6.42 Å². The van der Waals surface area contributed by atoms with Crippen molar-refractivity contribution in [3.05, 3.63) is 77.0 Å². The molecule has 0 saturated heterocycles. The van der Waals surface area contributed by atoms with E-state index in [1.807, 2.05) is 54.9 Å². The Kier molecular flexibility index (Phi) is 4.89. The van der Waals surface area contributed by atoms with Gasteiger partial charge in [-0.2, -0.15) is 0 Å². The molecule has 0 unspecified atom stereocenters. The molecule has 0 atom stereocenters. The smallest absolute Gasteiger partial charge is 0.227 e. The minimum absolute atomic E-state index is 0.141. The molecule has 3 aromatic rings. The maximum atomic E-state index is 12.6. The second-order valence-electron chi connectivity index (χ2n) is 5.42. The molecule has 0 fully saturated rings. The number of para-hydroxylation sites is 1. The van der Waals surface area contributed by atoms with Gasteiger partial charge in [0.05, 0.1) is 5.69 Å². The predicted octanol–water partition coefficient (Wildman–Crippen LogP) is 5.01. The quantitative estimate of drug-likeness (QED) is 0.647. The van der Waals surface area contributed by atoms with E-state index in [4.69, 9.17) is 0 Å². The zero-order valence-electron chi connectivity index (χ0n) is 13.1. The highest BCUT2D eigenvalue weighted by Gasteiger charge is 2.15. The molecule has 0 radical (unpaired) electrons. The third kappa shape index (κ3) is 3.69. The molecular weight excluding hydrogens is 302 g/mol. The number of hydrogen-bond acceptors (Lipinski definition) is 2. The Labute approximate surface area is 141 Å². The van der Waals surface area contributed by atoms with Gasteiger partial charge in [0, 0.05) is 23.9 Å². The van der Waals surface area contributed by atoms with Gasteiger partial charge < -0.3 is 4.90 Å². The van der Waals surface area contributed by atoms with E-state index in [9.17, 15) is 4.79 Å². The lowest BCUT2D eigenvalue weighted by molar-refractivity contribution is -0.118. The first-order chi connectivity index (χ1) is 11.3. The Bertz CT molecular complexity index is 765. The molecule has 0 N–H and O–H groups in total. The summed E-state index contributed by atoms with van der Waals surface area (Å²) in [5, 5.41) is 2.05. The van der Waals surface area contributed by atoms with Crippen molar-refractivity contribution in [2.75, 3.05) is 11.9 Å². The van der Waals surface area contributed by atoms with Crippen molar-refractivity contribution in [3.8, 4) is 11.1 Å². The maximum Gasteiger partial charge on any atom is 0.227 e.